The number of ether oxygens (including phenoxy) is 3. The number of aromatic carboxylic acids is 1. The van der Waals surface area contributed by atoms with E-state index in [1.165, 1.54) is 24.3 Å². The van der Waals surface area contributed by atoms with Crippen molar-refractivity contribution in [2.24, 2.45) is 0 Å². The number of rotatable bonds is 8. The maximum Gasteiger partial charge on any atom is 0.415 e. The van der Waals surface area contributed by atoms with Crippen molar-refractivity contribution in [1.82, 2.24) is 0 Å². The molecule has 5 rings (SSSR count). The Labute approximate surface area is 226 Å². The Balaban J connectivity index is 1.36. The SMILES string of the molecule is CCOc1cc(N2CCC3(CC2)CN(c2ccc(C(=O)O)cc2)C(=O)O3)cc(OCC)c1-c1ccc(F)cc1. The van der Waals surface area contributed by atoms with Gasteiger partial charge in [-0.2, -0.15) is 0 Å². The van der Waals surface area contributed by atoms with Crippen LogP contribution in [0, 0.1) is 5.82 Å². The van der Waals surface area contributed by atoms with E-state index < -0.39 is 17.7 Å². The third kappa shape index (κ3) is 5.34. The van der Waals surface area contributed by atoms with Crippen LogP contribution in [0.15, 0.2) is 60.7 Å². The molecule has 2 fully saturated rings. The smallest absolute Gasteiger partial charge is 0.415 e. The fourth-order valence-corrected chi connectivity index (χ4v) is 5.24. The number of carbonyl (C=O) groups excluding carboxylic acids is 1. The van der Waals surface area contributed by atoms with Crippen LogP contribution < -0.4 is 19.3 Å². The second kappa shape index (κ2) is 10.8. The summed E-state index contributed by atoms with van der Waals surface area (Å²) in [6.45, 7) is 6.49. The van der Waals surface area contributed by atoms with Crippen molar-refractivity contribution < 1.29 is 33.3 Å². The first kappa shape index (κ1) is 26.3. The average molecular weight is 535 g/mol. The summed E-state index contributed by atoms with van der Waals surface area (Å²) >= 11 is 0. The lowest BCUT2D eigenvalue weighted by Gasteiger charge is -2.39. The first-order valence-electron chi connectivity index (χ1n) is 13.1. The predicted molar refractivity (Wildman–Crippen MR) is 146 cm³/mol. The van der Waals surface area contributed by atoms with Crippen LogP contribution in [0.3, 0.4) is 0 Å². The summed E-state index contributed by atoms with van der Waals surface area (Å²) < 4.78 is 31.5. The number of carboxylic acids is 1. The highest BCUT2D eigenvalue weighted by molar-refractivity contribution is 5.92. The third-order valence-electron chi connectivity index (χ3n) is 7.22. The van der Waals surface area contributed by atoms with E-state index in [0.29, 0.717) is 62.9 Å². The van der Waals surface area contributed by atoms with Gasteiger partial charge in [0.25, 0.3) is 0 Å². The zero-order valence-corrected chi connectivity index (χ0v) is 22.0. The second-order valence-corrected chi connectivity index (χ2v) is 9.67. The van der Waals surface area contributed by atoms with Gasteiger partial charge < -0.3 is 24.2 Å². The Kier molecular flexibility index (Phi) is 7.32. The van der Waals surface area contributed by atoms with E-state index >= 15 is 0 Å². The van der Waals surface area contributed by atoms with Crippen LogP contribution in [0.25, 0.3) is 11.1 Å². The van der Waals surface area contributed by atoms with Gasteiger partial charge >= 0.3 is 12.1 Å². The molecule has 1 amide bonds. The van der Waals surface area contributed by atoms with Gasteiger partial charge in [-0.25, -0.2) is 14.0 Å². The molecule has 2 aliphatic rings. The molecule has 3 aromatic carbocycles. The topological polar surface area (TPSA) is 88.5 Å². The molecule has 2 saturated heterocycles. The van der Waals surface area contributed by atoms with E-state index in [0.717, 1.165) is 16.8 Å². The quantitative estimate of drug-likeness (QED) is 0.380. The number of hydrogen-bond acceptors (Lipinski definition) is 6. The molecule has 8 nitrogen and oxygen atoms in total. The molecule has 0 radical (unpaired) electrons. The normalized spacial score (nSPS) is 16.3. The molecular weight excluding hydrogens is 503 g/mol. The molecule has 0 aliphatic carbocycles. The minimum Gasteiger partial charge on any atom is -0.493 e. The number of hydrogen-bond donors (Lipinski definition) is 1. The molecule has 2 heterocycles. The molecule has 9 heteroatoms. The van der Waals surface area contributed by atoms with E-state index in [2.05, 4.69) is 4.90 Å². The lowest BCUT2D eigenvalue weighted by atomic mass is 9.90. The Hall–Kier alpha value is -4.27. The van der Waals surface area contributed by atoms with Gasteiger partial charge in [-0.15, -0.1) is 0 Å². The molecular formula is C30H31FN2O6. The minimum atomic E-state index is -1.01. The van der Waals surface area contributed by atoms with Crippen molar-refractivity contribution in [3.8, 4) is 22.6 Å². The Morgan fingerprint density at radius 1 is 0.949 bits per heavy atom. The minimum absolute atomic E-state index is 0.164. The van der Waals surface area contributed by atoms with E-state index in [-0.39, 0.29) is 11.4 Å². The highest BCUT2D eigenvalue weighted by Crippen LogP contribution is 2.44. The zero-order valence-electron chi connectivity index (χ0n) is 22.0. The van der Waals surface area contributed by atoms with Crippen LogP contribution >= 0.6 is 0 Å². The number of halogens is 1. The first-order chi connectivity index (χ1) is 18.8. The summed E-state index contributed by atoms with van der Waals surface area (Å²) in [5.74, 6) is -0.000637. The number of nitrogens with zero attached hydrogens (tertiary/aromatic N) is 2. The zero-order chi connectivity index (χ0) is 27.6. The molecule has 1 spiro atoms. The maximum absolute atomic E-state index is 13.6. The first-order valence-corrected chi connectivity index (χ1v) is 13.1. The summed E-state index contributed by atoms with van der Waals surface area (Å²) in [5.41, 5.74) is 2.69. The number of benzene rings is 3. The Morgan fingerprint density at radius 2 is 1.54 bits per heavy atom. The molecule has 1 N–H and O–H groups in total. The van der Waals surface area contributed by atoms with Crippen molar-refractivity contribution in [2.75, 3.05) is 42.6 Å². The highest BCUT2D eigenvalue weighted by Gasteiger charge is 2.47. The van der Waals surface area contributed by atoms with Crippen LogP contribution in [0.4, 0.5) is 20.6 Å². The average Bonchev–Trinajstić information content (AvgIpc) is 3.25. The lowest BCUT2D eigenvalue weighted by Crippen LogP contribution is -2.47. The van der Waals surface area contributed by atoms with E-state index in [4.69, 9.17) is 19.3 Å². The highest BCUT2D eigenvalue weighted by atomic mass is 19.1. The molecule has 0 aromatic heterocycles. The molecule has 0 atom stereocenters. The summed E-state index contributed by atoms with van der Waals surface area (Å²) in [4.78, 5) is 27.7. The largest absolute Gasteiger partial charge is 0.493 e. The fourth-order valence-electron chi connectivity index (χ4n) is 5.24. The summed E-state index contributed by atoms with van der Waals surface area (Å²) in [7, 11) is 0. The third-order valence-corrected chi connectivity index (χ3v) is 7.22. The van der Waals surface area contributed by atoms with Crippen LogP contribution in [-0.2, 0) is 4.74 Å². The van der Waals surface area contributed by atoms with Crippen molar-refractivity contribution in [3.05, 3.63) is 72.0 Å². The Morgan fingerprint density at radius 3 is 2.08 bits per heavy atom. The number of carbonyl (C=O) groups is 2. The van der Waals surface area contributed by atoms with E-state index in [9.17, 15) is 14.0 Å². The molecule has 39 heavy (non-hydrogen) atoms. The molecule has 3 aromatic rings. The van der Waals surface area contributed by atoms with Crippen LogP contribution in [-0.4, -0.2) is 55.6 Å². The van der Waals surface area contributed by atoms with Gasteiger partial charge in [0.2, 0.25) is 0 Å². The summed E-state index contributed by atoms with van der Waals surface area (Å²) in [6, 6.07) is 16.5. The number of anilines is 2. The van der Waals surface area contributed by atoms with E-state index in [1.54, 1.807) is 29.2 Å². The van der Waals surface area contributed by atoms with Crippen molar-refractivity contribution in [3.63, 3.8) is 0 Å². The van der Waals surface area contributed by atoms with E-state index in [1.807, 2.05) is 26.0 Å². The van der Waals surface area contributed by atoms with Gasteiger partial charge in [0.15, 0.2) is 0 Å². The number of amides is 1. The van der Waals surface area contributed by atoms with Crippen LogP contribution in [0.2, 0.25) is 0 Å². The van der Waals surface area contributed by atoms with Crippen molar-refractivity contribution >= 4 is 23.4 Å². The number of piperidine rings is 1. The maximum atomic E-state index is 13.6. The Bertz CT molecular complexity index is 1320. The fraction of sp³-hybridized carbons (Fsp3) is 0.333. The monoisotopic (exact) mass is 534 g/mol. The van der Waals surface area contributed by atoms with Crippen molar-refractivity contribution in [2.45, 2.75) is 32.3 Å². The molecule has 0 unspecified atom stereocenters. The van der Waals surface area contributed by atoms with Gasteiger partial charge in [-0.1, -0.05) is 12.1 Å². The molecule has 0 bridgehead atoms. The predicted octanol–water partition coefficient (Wildman–Crippen LogP) is 5.98. The molecule has 0 saturated carbocycles. The van der Waals surface area contributed by atoms with Crippen LogP contribution in [0.1, 0.15) is 37.0 Å². The summed E-state index contributed by atoms with van der Waals surface area (Å²) in [5, 5.41) is 9.15. The van der Waals surface area contributed by atoms with Gasteiger partial charge in [-0.05, 0) is 55.8 Å². The summed E-state index contributed by atoms with van der Waals surface area (Å²) in [6.07, 6.45) is 0.846. The van der Waals surface area contributed by atoms with Crippen molar-refractivity contribution in [1.29, 1.82) is 0 Å². The van der Waals surface area contributed by atoms with Gasteiger partial charge in [0.05, 0.1) is 30.9 Å². The van der Waals surface area contributed by atoms with Gasteiger partial charge in [0.1, 0.15) is 22.9 Å². The van der Waals surface area contributed by atoms with Crippen LogP contribution in [0.5, 0.6) is 11.5 Å². The number of carboxylic acid groups (broad SMARTS) is 1. The lowest BCUT2D eigenvalue weighted by molar-refractivity contribution is 0.0366. The molecule has 2 aliphatic heterocycles. The van der Waals surface area contributed by atoms with Gasteiger partial charge in [0, 0.05) is 49.4 Å². The second-order valence-electron chi connectivity index (χ2n) is 9.67. The standard InChI is InChI=1S/C30H31FN2O6/c1-3-37-25-17-24(18-26(38-4-2)27(25)20-5-9-22(31)10-6-20)32-15-13-30(14-16-32)19-33(29(36)39-30)23-11-7-21(8-12-23)28(34)35/h5-12,17-18H,3-4,13-16,19H2,1-2H3,(H,34,35). The van der Waals surface area contributed by atoms with Gasteiger partial charge in [-0.3, -0.25) is 4.90 Å². The molecule has 204 valence electrons.